The van der Waals surface area contributed by atoms with Crippen LogP contribution >= 0.6 is 0 Å². The molecule has 1 heterocycles. The molecule has 0 aliphatic heterocycles. The second kappa shape index (κ2) is 5.36. The van der Waals surface area contributed by atoms with Crippen molar-refractivity contribution in [1.82, 2.24) is 10.3 Å². The molecule has 1 aliphatic rings. The zero-order valence-corrected chi connectivity index (χ0v) is 11.2. The molecule has 104 valence electrons. The number of nitrogens with zero attached hydrogens (tertiary/aromatic N) is 1. The zero-order chi connectivity index (χ0) is 13.9. The van der Waals surface area contributed by atoms with Crippen LogP contribution in [0.5, 0.6) is 0 Å². The second-order valence-electron chi connectivity index (χ2n) is 5.09. The molecule has 0 unspecified atom stereocenters. The molecule has 5 heteroatoms. The van der Waals surface area contributed by atoms with Crippen LogP contribution in [0.4, 0.5) is 11.4 Å². The molecule has 1 aliphatic carbocycles. The third kappa shape index (κ3) is 2.66. The third-order valence-electron chi connectivity index (χ3n) is 3.51. The lowest BCUT2D eigenvalue weighted by Crippen LogP contribution is -2.29. The fourth-order valence-corrected chi connectivity index (χ4v) is 2.20. The summed E-state index contributed by atoms with van der Waals surface area (Å²) in [6.45, 7) is 1.27. The maximum absolute atomic E-state index is 11.5. The van der Waals surface area contributed by atoms with Crippen LogP contribution in [0.2, 0.25) is 0 Å². The molecule has 0 atom stereocenters. The van der Waals surface area contributed by atoms with E-state index in [1.807, 2.05) is 24.3 Å². The van der Waals surface area contributed by atoms with Crippen LogP contribution in [0.25, 0.3) is 10.9 Å². The number of benzene rings is 1. The number of pyridine rings is 1. The number of hydrogen-bond acceptors (Lipinski definition) is 4. The molecule has 20 heavy (non-hydrogen) atoms. The number of nitrogens with two attached hydrogens (primary N) is 1. The first-order chi connectivity index (χ1) is 9.75. The Morgan fingerprint density at radius 2 is 2.15 bits per heavy atom. The fourth-order valence-electron chi connectivity index (χ4n) is 2.20. The molecule has 1 aromatic heterocycles. The van der Waals surface area contributed by atoms with Crippen molar-refractivity contribution in [2.45, 2.75) is 12.8 Å². The van der Waals surface area contributed by atoms with E-state index in [4.69, 9.17) is 5.73 Å². The predicted molar refractivity (Wildman–Crippen MR) is 80.4 cm³/mol. The number of rotatable bonds is 5. The summed E-state index contributed by atoms with van der Waals surface area (Å²) >= 11 is 0. The van der Waals surface area contributed by atoms with Crippen molar-refractivity contribution in [3.05, 3.63) is 30.5 Å². The molecule has 1 aromatic carbocycles. The number of carbonyl (C=O) groups excluding carboxylic acids is 1. The van der Waals surface area contributed by atoms with Gasteiger partial charge in [0, 0.05) is 30.6 Å². The number of fused-ring (bicyclic) bond motifs is 1. The van der Waals surface area contributed by atoms with Crippen LogP contribution in [0.3, 0.4) is 0 Å². The summed E-state index contributed by atoms with van der Waals surface area (Å²) in [6.07, 6.45) is 3.82. The van der Waals surface area contributed by atoms with E-state index in [9.17, 15) is 4.79 Å². The van der Waals surface area contributed by atoms with E-state index in [0.717, 1.165) is 29.4 Å². The second-order valence-corrected chi connectivity index (χ2v) is 5.09. The molecule has 4 N–H and O–H groups in total. The van der Waals surface area contributed by atoms with E-state index in [1.54, 1.807) is 6.20 Å². The lowest BCUT2D eigenvalue weighted by Gasteiger charge is -2.11. The van der Waals surface area contributed by atoms with E-state index in [-0.39, 0.29) is 11.8 Å². The van der Waals surface area contributed by atoms with Crippen molar-refractivity contribution in [2.75, 3.05) is 24.1 Å². The van der Waals surface area contributed by atoms with Gasteiger partial charge in [0.2, 0.25) is 5.91 Å². The molecule has 3 rings (SSSR count). The highest BCUT2D eigenvalue weighted by molar-refractivity contribution is 5.96. The molecular weight excluding hydrogens is 252 g/mol. The Labute approximate surface area is 117 Å². The van der Waals surface area contributed by atoms with Crippen molar-refractivity contribution in [1.29, 1.82) is 0 Å². The van der Waals surface area contributed by atoms with Crippen LogP contribution in [0.15, 0.2) is 30.5 Å². The number of carbonyl (C=O) groups is 1. The Morgan fingerprint density at radius 1 is 1.30 bits per heavy atom. The number of hydrogen-bond donors (Lipinski definition) is 3. The minimum absolute atomic E-state index is 0.169. The molecule has 0 spiro atoms. The molecule has 0 saturated heterocycles. The van der Waals surface area contributed by atoms with Gasteiger partial charge in [-0.2, -0.15) is 0 Å². The van der Waals surface area contributed by atoms with Crippen molar-refractivity contribution in [3.63, 3.8) is 0 Å². The normalized spacial score (nSPS) is 14.2. The quantitative estimate of drug-likeness (QED) is 0.571. The summed E-state index contributed by atoms with van der Waals surface area (Å²) in [5.41, 5.74) is 8.60. The number of nitrogens with one attached hydrogen (secondary N) is 2. The largest absolute Gasteiger partial charge is 0.397 e. The Kier molecular flexibility index (Phi) is 3.41. The van der Waals surface area contributed by atoms with Crippen LogP contribution in [0.1, 0.15) is 12.8 Å². The number of amides is 1. The highest BCUT2D eigenvalue weighted by Gasteiger charge is 2.28. The highest BCUT2D eigenvalue weighted by Crippen LogP contribution is 2.29. The average Bonchev–Trinajstić information content (AvgIpc) is 3.30. The molecule has 1 amide bonds. The Balaban J connectivity index is 1.59. The van der Waals surface area contributed by atoms with Gasteiger partial charge >= 0.3 is 0 Å². The average molecular weight is 270 g/mol. The van der Waals surface area contributed by atoms with Crippen molar-refractivity contribution in [3.8, 4) is 0 Å². The monoisotopic (exact) mass is 270 g/mol. The van der Waals surface area contributed by atoms with Crippen LogP contribution in [-0.4, -0.2) is 24.0 Å². The summed E-state index contributed by atoms with van der Waals surface area (Å²) in [5, 5.41) is 7.11. The summed E-state index contributed by atoms with van der Waals surface area (Å²) < 4.78 is 0. The topological polar surface area (TPSA) is 80.0 Å². The van der Waals surface area contributed by atoms with E-state index >= 15 is 0 Å². The number of aromatic nitrogens is 1. The van der Waals surface area contributed by atoms with Crippen molar-refractivity contribution < 1.29 is 4.79 Å². The van der Waals surface area contributed by atoms with E-state index in [2.05, 4.69) is 15.6 Å². The molecule has 2 aromatic rings. The Morgan fingerprint density at radius 3 is 2.95 bits per heavy atom. The fraction of sp³-hybridized carbons (Fsp3) is 0.333. The van der Waals surface area contributed by atoms with Gasteiger partial charge in [-0.3, -0.25) is 9.78 Å². The molecule has 1 saturated carbocycles. The first kappa shape index (κ1) is 12.7. The van der Waals surface area contributed by atoms with E-state index in [1.165, 1.54) is 0 Å². The molecule has 1 fully saturated rings. The summed E-state index contributed by atoms with van der Waals surface area (Å²) in [6, 6.07) is 7.69. The van der Waals surface area contributed by atoms with E-state index in [0.29, 0.717) is 18.8 Å². The Hall–Kier alpha value is -2.30. The van der Waals surface area contributed by atoms with Gasteiger partial charge in [-0.1, -0.05) is 0 Å². The van der Waals surface area contributed by atoms with Gasteiger partial charge in [0.1, 0.15) is 0 Å². The lowest BCUT2D eigenvalue weighted by atomic mass is 10.1. The van der Waals surface area contributed by atoms with Gasteiger partial charge in [-0.05, 0) is 37.1 Å². The summed E-state index contributed by atoms with van der Waals surface area (Å²) in [7, 11) is 0. The molecule has 0 bridgehead atoms. The van der Waals surface area contributed by atoms with Gasteiger partial charge < -0.3 is 16.4 Å². The summed E-state index contributed by atoms with van der Waals surface area (Å²) in [4.78, 5) is 15.8. The van der Waals surface area contributed by atoms with Gasteiger partial charge in [0.15, 0.2) is 0 Å². The molecular formula is C15H18N4O. The van der Waals surface area contributed by atoms with E-state index < -0.39 is 0 Å². The van der Waals surface area contributed by atoms with Gasteiger partial charge in [0.25, 0.3) is 0 Å². The highest BCUT2D eigenvalue weighted by atomic mass is 16.2. The predicted octanol–water partition coefficient (Wildman–Crippen LogP) is 1.76. The standard InChI is InChI=1S/C15H18N4O/c16-14-11-2-1-7-17-12(11)5-6-13(14)18-8-9-19-15(20)10-3-4-10/h1-2,5-7,10,18H,3-4,8-9,16H2,(H,19,20). The maximum atomic E-state index is 11.5. The smallest absolute Gasteiger partial charge is 0.223 e. The van der Waals surface area contributed by atoms with Gasteiger partial charge in [-0.25, -0.2) is 0 Å². The summed E-state index contributed by atoms with van der Waals surface area (Å²) in [5.74, 6) is 0.425. The number of nitrogen functional groups attached to an aromatic ring is 1. The third-order valence-corrected chi connectivity index (χ3v) is 3.51. The van der Waals surface area contributed by atoms with Crippen molar-refractivity contribution in [2.24, 2.45) is 5.92 Å². The number of anilines is 2. The van der Waals surface area contributed by atoms with Crippen molar-refractivity contribution >= 4 is 28.2 Å². The SMILES string of the molecule is Nc1c(NCCNC(=O)C2CC2)ccc2ncccc12. The minimum atomic E-state index is 0.169. The minimum Gasteiger partial charge on any atom is -0.397 e. The maximum Gasteiger partial charge on any atom is 0.223 e. The van der Waals surface area contributed by atoms with Crippen LogP contribution < -0.4 is 16.4 Å². The molecule has 5 nitrogen and oxygen atoms in total. The van der Waals surface area contributed by atoms with Gasteiger partial charge in [-0.15, -0.1) is 0 Å². The first-order valence-corrected chi connectivity index (χ1v) is 6.90. The Bertz CT molecular complexity index is 637. The zero-order valence-electron chi connectivity index (χ0n) is 11.2. The van der Waals surface area contributed by atoms with Gasteiger partial charge in [0.05, 0.1) is 16.9 Å². The molecule has 0 radical (unpaired) electrons. The lowest BCUT2D eigenvalue weighted by molar-refractivity contribution is -0.122. The van der Waals surface area contributed by atoms with Crippen LogP contribution in [0, 0.1) is 5.92 Å². The van der Waals surface area contributed by atoms with Crippen LogP contribution in [-0.2, 0) is 4.79 Å². The first-order valence-electron chi connectivity index (χ1n) is 6.90.